The van der Waals surface area contributed by atoms with Gasteiger partial charge < -0.3 is 20.1 Å². The normalized spacial score (nSPS) is 13.5. The maximum atomic E-state index is 12.1. The zero-order valence-corrected chi connectivity index (χ0v) is 39.8. The SMILES string of the molecule is CCCCC/C=C\C/C=C\CCCCCCCCCCCCCCCC(=O)OCC(O)COP(=O)(O)OCCNC(=O)CCCCCCC/C=C\CCCCCCCCC. The highest BCUT2D eigenvalue weighted by Crippen LogP contribution is 2.42. The molecule has 0 aromatic heterocycles. The van der Waals surface area contributed by atoms with Gasteiger partial charge in [-0.2, -0.15) is 0 Å². The fourth-order valence-electron chi connectivity index (χ4n) is 6.99. The molecule has 0 aliphatic rings. The second kappa shape index (κ2) is 46.7. The number of rotatable bonds is 47. The molecule has 352 valence electrons. The van der Waals surface area contributed by atoms with Gasteiger partial charge >= 0.3 is 13.8 Å². The quantitative estimate of drug-likeness (QED) is 0.0238. The Kier molecular flexibility index (Phi) is 45.3. The molecule has 0 aliphatic carbocycles. The van der Waals surface area contributed by atoms with Crippen molar-refractivity contribution in [2.24, 2.45) is 0 Å². The Morgan fingerprint density at radius 3 is 1.38 bits per heavy atom. The summed E-state index contributed by atoms with van der Waals surface area (Å²) in [6.45, 7) is 3.55. The minimum absolute atomic E-state index is 0.0785. The maximum Gasteiger partial charge on any atom is 0.472 e. The molecule has 0 aromatic rings. The van der Waals surface area contributed by atoms with E-state index in [2.05, 4.69) is 55.6 Å². The highest BCUT2D eigenvalue weighted by Gasteiger charge is 2.23. The number of allylic oxidation sites excluding steroid dienone is 6. The summed E-state index contributed by atoms with van der Waals surface area (Å²) >= 11 is 0. The van der Waals surface area contributed by atoms with E-state index in [1.807, 2.05) is 0 Å². The van der Waals surface area contributed by atoms with Crippen molar-refractivity contribution in [2.75, 3.05) is 26.4 Å². The van der Waals surface area contributed by atoms with Gasteiger partial charge in [-0.3, -0.25) is 18.6 Å². The summed E-state index contributed by atoms with van der Waals surface area (Å²) in [6.07, 6.45) is 53.7. The Hall–Kier alpha value is -1.77. The minimum Gasteiger partial charge on any atom is -0.463 e. The van der Waals surface area contributed by atoms with Crippen molar-refractivity contribution in [3.63, 3.8) is 0 Å². The molecule has 0 spiro atoms. The molecule has 0 heterocycles. The van der Waals surface area contributed by atoms with Crippen LogP contribution in [0.5, 0.6) is 0 Å². The highest BCUT2D eigenvalue weighted by molar-refractivity contribution is 7.47. The number of unbranched alkanes of at least 4 members (excludes halogenated alkanes) is 28. The van der Waals surface area contributed by atoms with Crippen molar-refractivity contribution in [1.29, 1.82) is 0 Å². The number of carbonyl (C=O) groups excluding carboxylic acids is 2. The molecular weight excluding hydrogens is 774 g/mol. The Labute approximate surface area is 369 Å². The van der Waals surface area contributed by atoms with Crippen molar-refractivity contribution in [3.05, 3.63) is 36.5 Å². The number of carbonyl (C=O) groups is 2. The molecule has 10 heteroatoms. The molecule has 0 saturated carbocycles. The van der Waals surface area contributed by atoms with Crippen LogP contribution < -0.4 is 5.32 Å². The van der Waals surface area contributed by atoms with E-state index in [-0.39, 0.29) is 32.1 Å². The Bertz CT molecular complexity index is 1080. The second-order valence-corrected chi connectivity index (χ2v) is 18.2. The monoisotopic (exact) mass is 868 g/mol. The van der Waals surface area contributed by atoms with E-state index in [1.165, 1.54) is 154 Å². The third-order valence-corrected chi connectivity index (χ3v) is 11.8. The lowest BCUT2D eigenvalue weighted by molar-refractivity contribution is -0.147. The number of amides is 1. The van der Waals surface area contributed by atoms with E-state index in [9.17, 15) is 24.2 Å². The van der Waals surface area contributed by atoms with Crippen LogP contribution in [0.15, 0.2) is 36.5 Å². The summed E-state index contributed by atoms with van der Waals surface area (Å²) in [4.78, 5) is 34.0. The standard InChI is InChI=1S/C50H94NO8P/c1-3-5-7-9-11-13-15-17-19-21-22-23-24-25-26-27-29-31-33-35-37-39-41-43-50(54)57-46-48(52)47-59-60(55,56)58-45-44-51-49(53)42-40-38-36-34-32-30-28-20-18-16-14-12-10-8-6-4-2/h11,13,17,19-20,28,48,52H,3-10,12,14-16,18,21-27,29-47H2,1-2H3,(H,51,53)(H,55,56)/b13-11-,19-17-,28-20-. The number of esters is 1. The van der Waals surface area contributed by atoms with Gasteiger partial charge in [0.05, 0.1) is 13.2 Å². The zero-order valence-electron chi connectivity index (χ0n) is 38.9. The molecule has 2 atom stereocenters. The second-order valence-electron chi connectivity index (χ2n) is 16.8. The average molecular weight is 868 g/mol. The number of nitrogens with one attached hydrogen (secondary N) is 1. The average Bonchev–Trinajstić information content (AvgIpc) is 3.23. The molecule has 2 unspecified atom stereocenters. The van der Waals surface area contributed by atoms with Crippen LogP contribution in [0.3, 0.4) is 0 Å². The molecule has 0 aromatic carbocycles. The van der Waals surface area contributed by atoms with E-state index in [0.29, 0.717) is 6.42 Å². The topological polar surface area (TPSA) is 131 Å². The zero-order chi connectivity index (χ0) is 43.9. The van der Waals surface area contributed by atoms with Crippen LogP contribution in [0.25, 0.3) is 0 Å². The molecule has 0 aliphatic heterocycles. The van der Waals surface area contributed by atoms with Crippen LogP contribution in [0.2, 0.25) is 0 Å². The molecule has 0 bridgehead atoms. The van der Waals surface area contributed by atoms with Gasteiger partial charge in [-0.25, -0.2) is 4.57 Å². The van der Waals surface area contributed by atoms with E-state index in [0.717, 1.165) is 57.8 Å². The van der Waals surface area contributed by atoms with E-state index < -0.39 is 26.5 Å². The van der Waals surface area contributed by atoms with Gasteiger partial charge in [-0.05, 0) is 70.6 Å². The predicted molar refractivity (Wildman–Crippen MR) is 252 cm³/mol. The Morgan fingerprint density at radius 2 is 0.900 bits per heavy atom. The number of ether oxygens (including phenoxy) is 1. The van der Waals surface area contributed by atoms with Gasteiger partial charge in [0, 0.05) is 19.4 Å². The van der Waals surface area contributed by atoms with Gasteiger partial charge in [0.2, 0.25) is 5.91 Å². The summed E-state index contributed by atoms with van der Waals surface area (Å²) in [6, 6.07) is 0. The van der Waals surface area contributed by atoms with Crippen LogP contribution in [-0.2, 0) is 27.9 Å². The van der Waals surface area contributed by atoms with Crippen LogP contribution in [0.1, 0.15) is 239 Å². The summed E-state index contributed by atoms with van der Waals surface area (Å²) in [5.41, 5.74) is 0. The first-order valence-electron chi connectivity index (χ1n) is 25.0. The van der Waals surface area contributed by atoms with Crippen molar-refractivity contribution in [2.45, 2.75) is 245 Å². The molecule has 0 rings (SSSR count). The van der Waals surface area contributed by atoms with Gasteiger partial charge in [0.15, 0.2) is 0 Å². The lowest BCUT2D eigenvalue weighted by Crippen LogP contribution is -2.27. The smallest absolute Gasteiger partial charge is 0.463 e. The Morgan fingerprint density at radius 1 is 0.517 bits per heavy atom. The van der Waals surface area contributed by atoms with Crippen molar-refractivity contribution < 1.29 is 37.9 Å². The van der Waals surface area contributed by atoms with Crippen molar-refractivity contribution in [3.8, 4) is 0 Å². The third-order valence-electron chi connectivity index (χ3n) is 10.8. The molecule has 0 radical (unpaired) electrons. The molecule has 9 nitrogen and oxygen atoms in total. The summed E-state index contributed by atoms with van der Waals surface area (Å²) < 4.78 is 27.0. The first kappa shape index (κ1) is 58.2. The Balaban J connectivity index is 3.55. The highest BCUT2D eigenvalue weighted by atomic mass is 31.2. The molecule has 3 N–H and O–H groups in total. The fraction of sp³-hybridized carbons (Fsp3) is 0.840. The largest absolute Gasteiger partial charge is 0.472 e. The molecule has 1 amide bonds. The van der Waals surface area contributed by atoms with E-state index in [4.69, 9.17) is 13.8 Å². The van der Waals surface area contributed by atoms with Gasteiger partial charge in [0.1, 0.15) is 12.7 Å². The van der Waals surface area contributed by atoms with Crippen LogP contribution in [-0.4, -0.2) is 54.3 Å². The van der Waals surface area contributed by atoms with Gasteiger partial charge in [-0.1, -0.05) is 192 Å². The molecular formula is C50H94NO8P. The summed E-state index contributed by atoms with van der Waals surface area (Å²) in [5.74, 6) is -0.520. The number of hydrogen-bond donors (Lipinski definition) is 3. The minimum atomic E-state index is -4.42. The first-order valence-corrected chi connectivity index (χ1v) is 26.5. The number of hydrogen-bond acceptors (Lipinski definition) is 7. The van der Waals surface area contributed by atoms with Crippen molar-refractivity contribution >= 4 is 19.7 Å². The molecule has 0 fully saturated rings. The van der Waals surface area contributed by atoms with E-state index >= 15 is 0 Å². The van der Waals surface area contributed by atoms with Crippen LogP contribution in [0.4, 0.5) is 0 Å². The third kappa shape index (κ3) is 47.3. The fourth-order valence-corrected chi connectivity index (χ4v) is 7.75. The number of phosphoric acid groups is 1. The predicted octanol–water partition coefficient (Wildman–Crippen LogP) is 14.5. The van der Waals surface area contributed by atoms with Gasteiger partial charge in [-0.15, -0.1) is 0 Å². The van der Waals surface area contributed by atoms with Gasteiger partial charge in [0.25, 0.3) is 0 Å². The lowest BCUT2D eigenvalue weighted by Gasteiger charge is -2.15. The van der Waals surface area contributed by atoms with Crippen LogP contribution >= 0.6 is 7.82 Å². The molecule has 0 saturated heterocycles. The van der Waals surface area contributed by atoms with Crippen LogP contribution in [0, 0.1) is 0 Å². The number of aliphatic hydroxyl groups is 1. The molecule has 60 heavy (non-hydrogen) atoms. The van der Waals surface area contributed by atoms with Crippen molar-refractivity contribution in [1.82, 2.24) is 5.32 Å². The summed E-state index contributed by atoms with van der Waals surface area (Å²) in [7, 11) is -4.42. The lowest BCUT2D eigenvalue weighted by atomic mass is 10.0. The first-order chi connectivity index (χ1) is 29.3. The summed E-state index contributed by atoms with van der Waals surface area (Å²) in [5, 5.41) is 12.7. The van der Waals surface area contributed by atoms with E-state index in [1.54, 1.807) is 0 Å². The number of phosphoric ester groups is 1. The maximum absolute atomic E-state index is 12.1. The number of aliphatic hydroxyl groups excluding tert-OH is 1.